The van der Waals surface area contributed by atoms with Crippen LogP contribution < -0.4 is 5.73 Å². The fraction of sp³-hybridized carbons (Fsp3) is 0.714. The van der Waals surface area contributed by atoms with E-state index in [0.717, 1.165) is 13.0 Å². The van der Waals surface area contributed by atoms with Crippen molar-refractivity contribution in [3.63, 3.8) is 0 Å². The fourth-order valence-electron chi connectivity index (χ4n) is 1.32. The molecule has 0 aromatic carbocycles. The van der Waals surface area contributed by atoms with Gasteiger partial charge in [-0.3, -0.25) is 0 Å². The summed E-state index contributed by atoms with van der Waals surface area (Å²) in [5.41, 5.74) is 5.21. The molecule has 0 aliphatic carbocycles. The molecule has 5 nitrogen and oxygen atoms in total. The van der Waals surface area contributed by atoms with E-state index in [1.54, 1.807) is 0 Å². The first-order chi connectivity index (χ1) is 5.71. The molecule has 1 aliphatic rings. The Balaban J connectivity index is 2.28. The molecule has 2 N–H and O–H groups in total. The third-order valence-corrected chi connectivity index (χ3v) is 2.18. The molecule has 66 valence electrons. The largest absolute Gasteiger partial charge is 0.380 e. The zero-order chi connectivity index (χ0) is 8.60. The molecule has 1 fully saturated rings. The lowest BCUT2D eigenvalue weighted by molar-refractivity contribution is 0.169. The van der Waals surface area contributed by atoms with E-state index in [0.29, 0.717) is 12.5 Å². The molecule has 1 aromatic heterocycles. The standard InChI is InChI=1S/C7H11N3O2/c1-7(2-3-11-4-7)5-9-6(8)10-12-5/h2-4H2,1H3,(H2,8,10). The van der Waals surface area contributed by atoms with E-state index < -0.39 is 0 Å². The Morgan fingerprint density at radius 3 is 2.92 bits per heavy atom. The number of rotatable bonds is 1. The van der Waals surface area contributed by atoms with Crippen molar-refractivity contribution in [1.82, 2.24) is 10.1 Å². The second-order valence-electron chi connectivity index (χ2n) is 3.32. The highest BCUT2D eigenvalue weighted by atomic mass is 16.5. The summed E-state index contributed by atoms with van der Waals surface area (Å²) in [4.78, 5) is 3.98. The molecule has 1 unspecified atom stereocenters. The van der Waals surface area contributed by atoms with Crippen molar-refractivity contribution in [2.24, 2.45) is 0 Å². The van der Waals surface area contributed by atoms with Crippen LogP contribution in [0.1, 0.15) is 19.2 Å². The van der Waals surface area contributed by atoms with Crippen molar-refractivity contribution in [3.05, 3.63) is 5.89 Å². The molecule has 2 heterocycles. The van der Waals surface area contributed by atoms with Crippen LogP contribution in [0.25, 0.3) is 0 Å². The van der Waals surface area contributed by atoms with Gasteiger partial charge in [0.1, 0.15) is 0 Å². The third kappa shape index (κ3) is 1.06. The van der Waals surface area contributed by atoms with Crippen molar-refractivity contribution < 1.29 is 9.26 Å². The second kappa shape index (κ2) is 2.45. The fourth-order valence-corrected chi connectivity index (χ4v) is 1.32. The topological polar surface area (TPSA) is 74.2 Å². The summed E-state index contributed by atoms with van der Waals surface area (Å²) in [6, 6.07) is 0. The number of hydrogen-bond acceptors (Lipinski definition) is 5. The molecular formula is C7H11N3O2. The second-order valence-corrected chi connectivity index (χ2v) is 3.32. The lowest BCUT2D eigenvalue weighted by Gasteiger charge is -2.14. The van der Waals surface area contributed by atoms with Gasteiger partial charge in [-0.15, -0.1) is 0 Å². The number of nitrogens with zero attached hydrogens (tertiary/aromatic N) is 2. The van der Waals surface area contributed by atoms with Crippen LogP contribution in [0.3, 0.4) is 0 Å². The Labute approximate surface area is 69.9 Å². The van der Waals surface area contributed by atoms with Gasteiger partial charge in [-0.1, -0.05) is 0 Å². The predicted molar refractivity (Wildman–Crippen MR) is 41.5 cm³/mol. The number of hydrogen-bond donors (Lipinski definition) is 1. The Hall–Kier alpha value is -1.10. The number of aromatic nitrogens is 2. The third-order valence-electron chi connectivity index (χ3n) is 2.18. The molecule has 12 heavy (non-hydrogen) atoms. The van der Waals surface area contributed by atoms with Gasteiger partial charge in [0.15, 0.2) is 0 Å². The Morgan fingerprint density at radius 1 is 1.58 bits per heavy atom. The molecule has 0 spiro atoms. The first kappa shape index (κ1) is 7.54. The van der Waals surface area contributed by atoms with Gasteiger partial charge in [-0.25, -0.2) is 0 Å². The lowest BCUT2D eigenvalue weighted by atomic mass is 9.90. The summed E-state index contributed by atoms with van der Waals surface area (Å²) in [5, 5.41) is 3.54. The average molecular weight is 169 g/mol. The maximum absolute atomic E-state index is 5.35. The Kier molecular flexibility index (Phi) is 1.54. The zero-order valence-corrected chi connectivity index (χ0v) is 6.91. The van der Waals surface area contributed by atoms with E-state index >= 15 is 0 Å². The molecule has 1 aliphatic heterocycles. The smallest absolute Gasteiger partial charge is 0.260 e. The molecule has 5 heteroatoms. The Bertz CT molecular complexity index is 278. The first-order valence-corrected chi connectivity index (χ1v) is 3.88. The molecule has 1 atom stereocenters. The maximum Gasteiger partial charge on any atom is 0.260 e. The number of nitrogens with two attached hydrogens (primary N) is 1. The van der Waals surface area contributed by atoms with Gasteiger partial charge in [0, 0.05) is 6.61 Å². The molecule has 0 bridgehead atoms. The molecule has 1 aromatic rings. The van der Waals surface area contributed by atoms with Crippen LogP contribution in [0, 0.1) is 0 Å². The van der Waals surface area contributed by atoms with Crippen LogP contribution in [-0.4, -0.2) is 23.4 Å². The molecule has 2 rings (SSSR count). The number of nitrogen functional groups attached to an aromatic ring is 1. The van der Waals surface area contributed by atoms with E-state index in [-0.39, 0.29) is 11.4 Å². The van der Waals surface area contributed by atoms with Crippen molar-refractivity contribution in [2.75, 3.05) is 18.9 Å². The van der Waals surface area contributed by atoms with Gasteiger partial charge in [0.05, 0.1) is 12.0 Å². The highest BCUT2D eigenvalue weighted by Gasteiger charge is 2.37. The summed E-state index contributed by atoms with van der Waals surface area (Å²) in [6.07, 6.45) is 0.911. The van der Waals surface area contributed by atoms with Gasteiger partial charge >= 0.3 is 0 Å². The number of ether oxygens (including phenoxy) is 1. The van der Waals surface area contributed by atoms with E-state index in [2.05, 4.69) is 10.1 Å². The number of anilines is 1. The first-order valence-electron chi connectivity index (χ1n) is 3.88. The monoisotopic (exact) mass is 169 g/mol. The summed E-state index contributed by atoms with van der Waals surface area (Å²) < 4.78 is 10.2. The summed E-state index contributed by atoms with van der Waals surface area (Å²) in [5.74, 6) is 0.774. The predicted octanol–water partition coefficient (Wildman–Crippen LogP) is 0.330. The van der Waals surface area contributed by atoms with Gasteiger partial charge < -0.3 is 15.0 Å². The van der Waals surface area contributed by atoms with Gasteiger partial charge in [-0.05, 0) is 18.5 Å². The minimum absolute atomic E-state index is 0.134. The molecular weight excluding hydrogens is 158 g/mol. The Morgan fingerprint density at radius 2 is 2.42 bits per heavy atom. The van der Waals surface area contributed by atoms with Crippen molar-refractivity contribution in [1.29, 1.82) is 0 Å². The minimum atomic E-state index is -0.134. The zero-order valence-electron chi connectivity index (χ0n) is 6.91. The van der Waals surface area contributed by atoms with Crippen LogP contribution in [0.2, 0.25) is 0 Å². The quantitative estimate of drug-likeness (QED) is 0.655. The minimum Gasteiger partial charge on any atom is -0.380 e. The lowest BCUT2D eigenvalue weighted by Crippen LogP contribution is -2.22. The summed E-state index contributed by atoms with van der Waals surface area (Å²) in [7, 11) is 0. The summed E-state index contributed by atoms with van der Waals surface area (Å²) in [6.45, 7) is 3.42. The van der Waals surface area contributed by atoms with Crippen LogP contribution in [0.5, 0.6) is 0 Å². The van der Waals surface area contributed by atoms with Crippen LogP contribution in [-0.2, 0) is 10.2 Å². The normalized spacial score (nSPS) is 29.4. The SMILES string of the molecule is CC1(c2nc(N)no2)CCOC1. The summed E-state index contributed by atoms with van der Waals surface area (Å²) >= 11 is 0. The van der Waals surface area contributed by atoms with Crippen molar-refractivity contribution in [2.45, 2.75) is 18.8 Å². The van der Waals surface area contributed by atoms with Crippen LogP contribution in [0.15, 0.2) is 4.52 Å². The van der Waals surface area contributed by atoms with E-state index in [1.165, 1.54) is 0 Å². The molecule has 1 saturated heterocycles. The van der Waals surface area contributed by atoms with Gasteiger partial charge in [0.25, 0.3) is 5.95 Å². The van der Waals surface area contributed by atoms with Crippen LogP contribution in [0.4, 0.5) is 5.95 Å². The molecule has 0 radical (unpaired) electrons. The highest BCUT2D eigenvalue weighted by Crippen LogP contribution is 2.31. The van der Waals surface area contributed by atoms with Crippen LogP contribution >= 0.6 is 0 Å². The highest BCUT2D eigenvalue weighted by molar-refractivity contribution is 5.15. The van der Waals surface area contributed by atoms with E-state index in [4.69, 9.17) is 15.0 Å². The molecule has 0 saturated carbocycles. The van der Waals surface area contributed by atoms with Crippen molar-refractivity contribution in [3.8, 4) is 0 Å². The van der Waals surface area contributed by atoms with E-state index in [1.807, 2.05) is 6.92 Å². The van der Waals surface area contributed by atoms with Crippen molar-refractivity contribution >= 4 is 5.95 Å². The van der Waals surface area contributed by atoms with Gasteiger partial charge in [-0.2, -0.15) is 4.98 Å². The van der Waals surface area contributed by atoms with E-state index in [9.17, 15) is 0 Å². The average Bonchev–Trinajstić information content (AvgIpc) is 2.59. The maximum atomic E-state index is 5.35. The van der Waals surface area contributed by atoms with Gasteiger partial charge in [0.2, 0.25) is 5.89 Å². The molecule has 0 amide bonds.